The number of carboxylic acid groups (broad SMARTS) is 1. The van der Waals surface area contributed by atoms with E-state index >= 15 is 0 Å². The normalized spacial score (nSPS) is 23.0. The molecule has 3 unspecified atom stereocenters. The number of hydrogen-bond acceptors (Lipinski definition) is 6. The van der Waals surface area contributed by atoms with Crippen molar-refractivity contribution < 1.29 is 24.4 Å². The van der Waals surface area contributed by atoms with Crippen molar-refractivity contribution in [1.82, 2.24) is 16.0 Å². The van der Waals surface area contributed by atoms with Gasteiger partial charge in [-0.1, -0.05) is 25.5 Å². The van der Waals surface area contributed by atoms with Crippen LogP contribution in [0.25, 0.3) is 0 Å². The van der Waals surface area contributed by atoms with Crippen LogP contribution in [-0.4, -0.2) is 61.2 Å². The highest BCUT2D eigenvalue weighted by atomic mass is 16.5. The lowest BCUT2D eigenvalue weighted by atomic mass is 9.72. The first-order valence-corrected chi connectivity index (χ1v) is 11.4. The average molecular weight is 431 g/mol. The molecule has 3 rings (SSSR count). The lowest BCUT2D eigenvalue weighted by Gasteiger charge is -2.31. The van der Waals surface area contributed by atoms with Crippen LogP contribution in [0, 0.1) is 11.8 Å². The van der Waals surface area contributed by atoms with Crippen LogP contribution < -0.4 is 20.6 Å². The summed E-state index contributed by atoms with van der Waals surface area (Å²) >= 11 is 0. The van der Waals surface area contributed by atoms with Crippen molar-refractivity contribution in [3.63, 3.8) is 0 Å². The molecule has 1 fully saturated rings. The SMILES string of the molecule is CCNCCNCC1CCCC(CC(=O)NC2Cc3cccc(C(=O)O)c3OB2O)C1. The first-order chi connectivity index (χ1) is 15.0. The smallest absolute Gasteiger partial charge is 0.534 e. The number of rotatable bonds is 10. The molecule has 8 nitrogen and oxygen atoms in total. The van der Waals surface area contributed by atoms with Crippen molar-refractivity contribution in [2.45, 2.75) is 51.4 Å². The number of fused-ring (bicyclic) bond motifs is 1. The third-order valence-corrected chi connectivity index (χ3v) is 6.22. The highest BCUT2D eigenvalue weighted by molar-refractivity contribution is 6.47. The quantitative estimate of drug-likeness (QED) is 0.279. The summed E-state index contributed by atoms with van der Waals surface area (Å²) in [6, 6.07) is 4.86. The summed E-state index contributed by atoms with van der Waals surface area (Å²) in [4.78, 5) is 24.0. The van der Waals surface area contributed by atoms with Gasteiger partial charge in [0.05, 0.1) is 11.5 Å². The first kappa shape index (κ1) is 23.6. The van der Waals surface area contributed by atoms with E-state index in [1.54, 1.807) is 12.1 Å². The third-order valence-electron chi connectivity index (χ3n) is 6.22. The molecule has 170 valence electrons. The Morgan fingerprint density at radius 2 is 1.97 bits per heavy atom. The fourth-order valence-corrected chi connectivity index (χ4v) is 4.68. The number of likely N-dealkylation sites (N-methyl/N-ethyl adjacent to an activating group) is 1. The molecule has 0 bridgehead atoms. The number of nitrogens with one attached hydrogen (secondary N) is 3. The van der Waals surface area contributed by atoms with Gasteiger partial charge in [-0.15, -0.1) is 0 Å². The van der Waals surface area contributed by atoms with Crippen molar-refractivity contribution in [2.24, 2.45) is 11.8 Å². The average Bonchev–Trinajstić information content (AvgIpc) is 2.74. The van der Waals surface area contributed by atoms with Crippen LogP contribution in [0.5, 0.6) is 5.75 Å². The maximum absolute atomic E-state index is 12.7. The predicted octanol–water partition coefficient (Wildman–Crippen LogP) is 1.22. The summed E-state index contributed by atoms with van der Waals surface area (Å²) in [5.41, 5.74) is 0.700. The number of amides is 1. The number of carbonyl (C=O) groups is 2. The van der Waals surface area contributed by atoms with Gasteiger partial charge in [-0.2, -0.15) is 0 Å². The lowest BCUT2D eigenvalue weighted by Crippen LogP contribution is -2.53. The Morgan fingerprint density at radius 1 is 1.19 bits per heavy atom. The van der Waals surface area contributed by atoms with Gasteiger partial charge >= 0.3 is 13.1 Å². The molecule has 3 atom stereocenters. The summed E-state index contributed by atoms with van der Waals surface area (Å²) in [5, 5.41) is 29.3. The maximum atomic E-state index is 12.7. The van der Waals surface area contributed by atoms with Crippen LogP contribution in [0.3, 0.4) is 0 Å². The molecule has 9 heteroatoms. The van der Waals surface area contributed by atoms with E-state index in [0.717, 1.165) is 45.4 Å². The van der Waals surface area contributed by atoms with Crippen molar-refractivity contribution >= 4 is 19.0 Å². The number of hydrogen-bond donors (Lipinski definition) is 5. The zero-order valence-electron chi connectivity index (χ0n) is 18.2. The molecule has 1 aliphatic heterocycles. The van der Waals surface area contributed by atoms with Crippen LogP contribution in [0.2, 0.25) is 0 Å². The molecule has 31 heavy (non-hydrogen) atoms. The number of benzene rings is 1. The van der Waals surface area contributed by atoms with Crippen molar-refractivity contribution in [3.05, 3.63) is 29.3 Å². The van der Waals surface area contributed by atoms with Gasteiger partial charge in [-0.25, -0.2) is 4.79 Å². The first-order valence-electron chi connectivity index (χ1n) is 11.4. The van der Waals surface area contributed by atoms with Crippen LogP contribution in [0.4, 0.5) is 0 Å². The molecule has 5 N–H and O–H groups in total. The molecule has 2 aliphatic rings. The van der Waals surface area contributed by atoms with Crippen LogP contribution in [0.1, 0.15) is 54.9 Å². The van der Waals surface area contributed by atoms with Gasteiger partial charge in [0.2, 0.25) is 5.91 Å². The summed E-state index contributed by atoms with van der Waals surface area (Å²) in [6.45, 7) is 6.00. The van der Waals surface area contributed by atoms with E-state index in [0.29, 0.717) is 30.2 Å². The highest BCUT2D eigenvalue weighted by Gasteiger charge is 2.38. The topological polar surface area (TPSA) is 120 Å². The van der Waals surface area contributed by atoms with Crippen molar-refractivity contribution in [3.8, 4) is 5.75 Å². The van der Waals surface area contributed by atoms with Crippen LogP contribution in [-0.2, 0) is 11.2 Å². The minimum absolute atomic E-state index is 0.0219. The van der Waals surface area contributed by atoms with Gasteiger partial charge in [0.25, 0.3) is 0 Å². The Bertz CT molecular complexity index is 763. The molecule has 1 heterocycles. The van der Waals surface area contributed by atoms with E-state index in [4.69, 9.17) is 4.65 Å². The van der Waals surface area contributed by atoms with Crippen LogP contribution in [0.15, 0.2) is 18.2 Å². The Kier molecular flexibility index (Phi) is 8.74. The number of carboxylic acids is 1. The molecule has 0 radical (unpaired) electrons. The van der Waals surface area contributed by atoms with E-state index in [-0.39, 0.29) is 17.2 Å². The molecule has 0 aromatic heterocycles. The Morgan fingerprint density at radius 3 is 2.74 bits per heavy atom. The predicted molar refractivity (Wildman–Crippen MR) is 119 cm³/mol. The molecule has 1 aliphatic carbocycles. The number of para-hydroxylation sites is 1. The Balaban J connectivity index is 1.47. The number of aromatic carboxylic acids is 1. The van der Waals surface area contributed by atoms with Gasteiger partial charge in [0.15, 0.2) is 0 Å². The molecule has 1 aromatic carbocycles. The summed E-state index contributed by atoms with van der Waals surface area (Å²) in [7, 11) is -1.27. The second kappa shape index (κ2) is 11.5. The molecule has 1 saturated carbocycles. The lowest BCUT2D eigenvalue weighted by molar-refractivity contribution is -0.122. The van der Waals surface area contributed by atoms with Gasteiger partial charge in [0, 0.05) is 19.5 Å². The second-order valence-electron chi connectivity index (χ2n) is 8.65. The minimum Gasteiger partial charge on any atom is -0.534 e. The molecule has 0 saturated heterocycles. The van der Waals surface area contributed by atoms with Crippen LogP contribution >= 0.6 is 0 Å². The van der Waals surface area contributed by atoms with Gasteiger partial charge < -0.3 is 30.7 Å². The Labute approximate surface area is 184 Å². The zero-order valence-corrected chi connectivity index (χ0v) is 18.2. The summed E-state index contributed by atoms with van der Waals surface area (Å²) in [6.07, 6.45) is 5.21. The van der Waals surface area contributed by atoms with E-state index in [1.165, 1.54) is 12.5 Å². The molecular weight excluding hydrogens is 397 g/mol. The minimum atomic E-state index is -1.27. The van der Waals surface area contributed by atoms with E-state index in [2.05, 4.69) is 22.9 Å². The molecular formula is C22H34BN3O5. The highest BCUT2D eigenvalue weighted by Crippen LogP contribution is 2.32. The molecule has 1 aromatic rings. The molecule has 1 amide bonds. The van der Waals surface area contributed by atoms with Crippen molar-refractivity contribution in [2.75, 3.05) is 26.2 Å². The monoisotopic (exact) mass is 431 g/mol. The molecule has 0 spiro atoms. The van der Waals surface area contributed by atoms with E-state index in [9.17, 15) is 19.7 Å². The maximum Gasteiger partial charge on any atom is 0.547 e. The van der Waals surface area contributed by atoms with E-state index in [1.807, 2.05) is 0 Å². The zero-order chi connectivity index (χ0) is 22.2. The third kappa shape index (κ3) is 6.69. The largest absolute Gasteiger partial charge is 0.547 e. The second-order valence-corrected chi connectivity index (χ2v) is 8.65. The number of carbonyl (C=O) groups excluding carboxylic acids is 1. The summed E-state index contributed by atoms with van der Waals surface area (Å²) in [5.74, 6) is -0.647. The van der Waals surface area contributed by atoms with Gasteiger partial charge in [0.1, 0.15) is 5.75 Å². The van der Waals surface area contributed by atoms with Crippen molar-refractivity contribution in [1.29, 1.82) is 0 Å². The van der Waals surface area contributed by atoms with Gasteiger partial charge in [-0.3, -0.25) is 4.79 Å². The fourth-order valence-electron chi connectivity index (χ4n) is 4.68. The fraction of sp³-hybridized carbons (Fsp3) is 0.636. The van der Waals surface area contributed by atoms with Gasteiger partial charge in [-0.05, 0) is 62.2 Å². The van der Waals surface area contributed by atoms with E-state index < -0.39 is 19.0 Å². The Hall–Kier alpha value is -2.10. The summed E-state index contributed by atoms with van der Waals surface area (Å²) < 4.78 is 5.46. The standard InChI is InChI=1S/C22H34BN3O5/c1-2-24-9-10-25-14-16-6-3-5-15(11-16)12-20(27)26-19-13-17-7-4-8-18(22(28)29)21(17)31-23(19)30/h4,7-8,15-16,19,24-25,30H,2-3,5-6,9-14H2,1H3,(H,26,27)(H,28,29).